The van der Waals surface area contributed by atoms with Gasteiger partial charge in [-0.3, -0.25) is 0 Å². The number of nitrogens with one attached hydrogen (secondary N) is 2. The number of rotatable bonds is 3. The fourth-order valence-corrected chi connectivity index (χ4v) is 2.77. The molecule has 3 rings (SSSR count). The van der Waals surface area contributed by atoms with Crippen LogP contribution in [0.25, 0.3) is 10.9 Å². The van der Waals surface area contributed by atoms with Crippen LogP contribution in [0.15, 0.2) is 53.1 Å². The minimum Gasteiger partial charge on any atom is -0.381 e. The van der Waals surface area contributed by atoms with Crippen LogP contribution in [-0.4, -0.2) is 4.98 Å². The molecule has 0 unspecified atom stereocenters. The number of hydrogen-bond acceptors (Lipinski definition) is 1. The van der Waals surface area contributed by atoms with Crippen molar-refractivity contribution < 1.29 is 0 Å². The Kier molecular flexibility index (Phi) is 3.30. The van der Waals surface area contributed by atoms with Gasteiger partial charge in [0, 0.05) is 33.8 Å². The molecule has 0 aliphatic rings. The van der Waals surface area contributed by atoms with Crippen molar-refractivity contribution in [2.75, 3.05) is 5.32 Å². The van der Waals surface area contributed by atoms with Crippen molar-refractivity contribution >= 4 is 32.5 Å². The minimum atomic E-state index is 0.826. The van der Waals surface area contributed by atoms with Crippen LogP contribution in [0.5, 0.6) is 0 Å². The van der Waals surface area contributed by atoms with Crippen molar-refractivity contribution in [3.8, 4) is 0 Å². The summed E-state index contributed by atoms with van der Waals surface area (Å²) in [6.07, 6.45) is 2.08. The quantitative estimate of drug-likeness (QED) is 0.710. The molecule has 1 heterocycles. The molecular formula is C16H15BrN2. The van der Waals surface area contributed by atoms with Crippen LogP contribution in [0.1, 0.15) is 11.1 Å². The Bertz CT molecular complexity index is 716. The number of fused-ring (bicyclic) bond motifs is 1. The van der Waals surface area contributed by atoms with Gasteiger partial charge >= 0.3 is 0 Å². The summed E-state index contributed by atoms with van der Waals surface area (Å²) in [7, 11) is 0. The molecule has 2 nitrogen and oxygen atoms in total. The Morgan fingerprint density at radius 2 is 2.00 bits per heavy atom. The van der Waals surface area contributed by atoms with Crippen LogP contribution in [-0.2, 0) is 6.54 Å². The van der Waals surface area contributed by atoms with Crippen LogP contribution < -0.4 is 5.32 Å². The maximum atomic E-state index is 3.49. The summed E-state index contributed by atoms with van der Waals surface area (Å²) in [5.74, 6) is 0. The SMILES string of the molecule is Cc1cc(Br)ccc1NCc1c[nH]c2ccccc12. The number of hydrogen-bond donors (Lipinski definition) is 2. The lowest BCUT2D eigenvalue weighted by Gasteiger charge is -2.09. The molecule has 0 atom stereocenters. The van der Waals surface area contributed by atoms with Crippen LogP contribution >= 0.6 is 15.9 Å². The van der Waals surface area contributed by atoms with E-state index in [1.807, 2.05) is 0 Å². The normalized spacial score (nSPS) is 10.8. The first-order valence-corrected chi connectivity index (χ1v) is 7.08. The minimum absolute atomic E-state index is 0.826. The molecule has 0 radical (unpaired) electrons. The standard InChI is InChI=1S/C16H15BrN2/c1-11-8-13(17)6-7-15(11)18-9-12-10-19-16-5-3-2-4-14(12)16/h2-8,10,18-19H,9H2,1H3. The Morgan fingerprint density at radius 3 is 2.84 bits per heavy atom. The lowest BCUT2D eigenvalue weighted by Crippen LogP contribution is -2.00. The van der Waals surface area contributed by atoms with Gasteiger partial charge in [0.25, 0.3) is 0 Å². The van der Waals surface area contributed by atoms with Crippen molar-refractivity contribution in [2.24, 2.45) is 0 Å². The van der Waals surface area contributed by atoms with Crippen molar-refractivity contribution in [1.82, 2.24) is 4.98 Å². The van der Waals surface area contributed by atoms with Gasteiger partial charge in [0.05, 0.1) is 0 Å². The number of benzene rings is 2. The molecule has 3 aromatic rings. The van der Waals surface area contributed by atoms with Crippen LogP contribution in [0.3, 0.4) is 0 Å². The first-order chi connectivity index (χ1) is 9.24. The molecule has 0 saturated carbocycles. The molecular weight excluding hydrogens is 300 g/mol. The summed E-state index contributed by atoms with van der Waals surface area (Å²) in [4.78, 5) is 3.30. The number of halogens is 1. The summed E-state index contributed by atoms with van der Waals surface area (Å²) >= 11 is 3.49. The number of aromatic amines is 1. The van der Waals surface area contributed by atoms with E-state index in [0.717, 1.165) is 11.0 Å². The highest BCUT2D eigenvalue weighted by atomic mass is 79.9. The predicted octanol–water partition coefficient (Wildman–Crippen LogP) is 4.85. The van der Waals surface area contributed by atoms with Crippen LogP contribution in [0.2, 0.25) is 0 Å². The number of H-pyrrole nitrogens is 1. The smallest absolute Gasteiger partial charge is 0.0457 e. The fourth-order valence-electron chi connectivity index (χ4n) is 2.29. The Hall–Kier alpha value is -1.74. The molecule has 0 saturated heterocycles. The zero-order valence-electron chi connectivity index (χ0n) is 10.7. The van der Waals surface area contributed by atoms with E-state index in [2.05, 4.69) is 81.8 Å². The molecule has 0 aliphatic heterocycles. The van der Waals surface area contributed by atoms with Crippen LogP contribution in [0.4, 0.5) is 5.69 Å². The first-order valence-electron chi connectivity index (χ1n) is 6.29. The third kappa shape index (κ3) is 2.51. The first kappa shape index (κ1) is 12.3. The zero-order chi connectivity index (χ0) is 13.2. The topological polar surface area (TPSA) is 27.8 Å². The average molecular weight is 315 g/mol. The molecule has 0 fully saturated rings. The van der Waals surface area contributed by atoms with Gasteiger partial charge in [-0.25, -0.2) is 0 Å². The van der Waals surface area contributed by atoms with E-state index in [-0.39, 0.29) is 0 Å². The second-order valence-corrected chi connectivity index (χ2v) is 5.59. The molecule has 96 valence electrons. The highest BCUT2D eigenvalue weighted by molar-refractivity contribution is 9.10. The number of aryl methyl sites for hydroxylation is 1. The fraction of sp³-hybridized carbons (Fsp3) is 0.125. The van der Waals surface area contributed by atoms with Crippen LogP contribution in [0, 0.1) is 6.92 Å². The maximum Gasteiger partial charge on any atom is 0.0457 e. The highest BCUT2D eigenvalue weighted by Gasteiger charge is 2.03. The summed E-state index contributed by atoms with van der Waals surface area (Å²) in [5.41, 5.74) is 4.90. The third-order valence-electron chi connectivity index (χ3n) is 3.33. The van der Waals surface area contributed by atoms with Gasteiger partial charge < -0.3 is 10.3 Å². The van der Waals surface area contributed by atoms with Gasteiger partial charge in [-0.05, 0) is 42.3 Å². The van der Waals surface area contributed by atoms with Gasteiger partial charge in [-0.1, -0.05) is 34.1 Å². The molecule has 0 spiro atoms. The van der Waals surface area contributed by atoms with E-state index in [1.54, 1.807) is 0 Å². The van der Waals surface area contributed by atoms with E-state index >= 15 is 0 Å². The van der Waals surface area contributed by atoms with Gasteiger partial charge in [0.15, 0.2) is 0 Å². The molecule has 2 N–H and O–H groups in total. The molecule has 1 aromatic heterocycles. The van der Waals surface area contributed by atoms with E-state index in [1.165, 1.54) is 27.7 Å². The van der Waals surface area contributed by atoms with E-state index < -0.39 is 0 Å². The highest BCUT2D eigenvalue weighted by Crippen LogP contribution is 2.22. The molecule has 0 bridgehead atoms. The van der Waals surface area contributed by atoms with Crippen molar-refractivity contribution in [2.45, 2.75) is 13.5 Å². The summed E-state index contributed by atoms with van der Waals surface area (Å²) in [6.45, 7) is 2.94. The third-order valence-corrected chi connectivity index (χ3v) is 3.83. The monoisotopic (exact) mass is 314 g/mol. The van der Waals surface area contributed by atoms with Gasteiger partial charge in [-0.15, -0.1) is 0 Å². The molecule has 0 aliphatic carbocycles. The number of anilines is 1. The number of aromatic nitrogens is 1. The summed E-state index contributed by atoms with van der Waals surface area (Å²) in [6, 6.07) is 14.7. The van der Waals surface area contributed by atoms with Gasteiger partial charge in [0.1, 0.15) is 0 Å². The second kappa shape index (κ2) is 5.10. The van der Waals surface area contributed by atoms with E-state index in [9.17, 15) is 0 Å². The summed E-state index contributed by atoms with van der Waals surface area (Å²) < 4.78 is 1.11. The Morgan fingerprint density at radius 1 is 1.16 bits per heavy atom. The number of para-hydroxylation sites is 1. The molecule has 0 amide bonds. The van der Waals surface area contributed by atoms with E-state index in [4.69, 9.17) is 0 Å². The lowest BCUT2D eigenvalue weighted by molar-refractivity contribution is 1.15. The molecule has 3 heteroatoms. The maximum absolute atomic E-state index is 3.49. The average Bonchev–Trinajstić information content (AvgIpc) is 2.81. The largest absolute Gasteiger partial charge is 0.381 e. The van der Waals surface area contributed by atoms with Crippen molar-refractivity contribution in [3.63, 3.8) is 0 Å². The molecule has 2 aromatic carbocycles. The van der Waals surface area contributed by atoms with Gasteiger partial charge in [-0.2, -0.15) is 0 Å². The second-order valence-electron chi connectivity index (χ2n) is 4.67. The predicted molar refractivity (Wildman–Crippen MR) is 84.5 cm³/mol. The molecule has 19 heavy (non-hydrogen) atoms. The van der Waals surface area contributed by atoms with Crippen molar-refractivity contribution in [3.05, 3.63) is 64.3 Å². The summed E-state index contributed by atoms with van der Waals surface area (Å²) in [5, 5.41) is 4.78. The van der Waals surface area contributed by atoms with Crippen molar-refractivity contribution in [1.29, 1.82) is 0 Å². The Balaban J connectivity index is 1.82. The lowest BCUT2D eigenvalue weighted by atomic mass is 10.1. The Labute approximate surface area is 121 Å². The van der Waals surface area contributed by atoms with Gasteiger partial charge in [0.2, 0.25) is 0 Å². The van der Waals surface area contributed by atoms with E-state index in [0.29, 0.717) is 0 Å². The zero-order valence-corrected chi connectivity index (χ0v) is 12.3.